The third-order valence-electron chi connectivity index (χ3n) is 3.45. The maximum absolute atomic E-state index is 6.08. The van der Waals surface area contributed by atoms with Gasteiger partial charge in [0.2, 0.25) is 0 Å². The number of piperidine rings is 1. The van der Waals surface area contributed by atoms with Crippen LogP contribution in [0.4, 0.5) is 5.82 Å². The van der Waals surface area contributed by atoms with Crippen LogP contribution in [0.25, 0.3) is 11.0 Å². The summed E-state index contributed by atoms with van der Waals surface area (Å²) in [5, 5.41) is 0. The third kappa shape index (κ3) is 2.16. The normalized spacial score (nSPS) is 24.4. The zero-order valence-electron chi connectivity index (χ0n) is 10.6. The Balaban J connectivity index is 1.93. The lowest BCUT2D eigenvalue weighted by atomic mass is 9.97. The van der Waals surface area contributed by atoms with Gasteiger partial charge in [0.1, 0.15) is 5.82 Å². The minimum Gasteiger partial charge on any atom is -0.354 e. The summed E-state index contributed by atoms with van der Waals surface area (Å²) in [6.07, 6.45) is 2.95. The van der Waals surface area contributed by atoms with E-state index in [0.717, 1.165) is 36.4 Å². The van der Waals surface area contributed by atoms with Crippen LogP contribution in [0.15, 0.2) is 30.5 Å². The maximum Gasteiger partial charge on any atom is 0.147 e. The number of hydrogen-bond acceptors (Lipinski definition) is 4. The van der Waals surface area contributed by atoms with Crippen LogP contribution in [0.5, 0.6) is 0 Å². The van der Waals surface area contributed by atoms with Gasteiger partial charge in [-0.15, -0.1) is 0 Å². The summed E-state index contributed by atoms with van der Waals surface area (Å²) in [5.41, 5.74) is 7.96. The van der Waals surface area contributed by atoms with Gasteiger partial charge in [-0.1, -0.05) is 19.1 Å². The summed E-state index contributed by atoms with van der Waals surface area (Å²) in [6, 6.07) is 8.19. The Morgan fingerprint density at radius 2 is 2.00 bits per heavy atom. The first-order valence-corrected chi connectivity index (χ1v) is 6.44. The summed E-state index contributed by atoms with van der Waals surface area (Å²) in [6.45, 7) is 4.12. The van der Waals surface area contributed by atoms with E-state index in [-0.39, 0.29) is 6.04 Å². The molecule has 18 heavy (non-hydrogen) atoms. The fourth-order valence-electron chi connectivity index (χ4n) is 2.69. The highest BCUT2D eigenvalue weighted by Crippen LogP contribution is 2.21. The van der Waals surface area contributed by atoms with Crippen LogP contribution >= 0.6 is 0 Å². The maximum atomic E-state index is 6.08. The molecule has 4 nitrogen and oxygen atoms in total. The summed E-state index contributed by atoms with van der Waals surface area (Å²) in [7, 11) is 0. The van der Waals surface area contributed by atoms with Crippen molar-refractivity contribution in [2.75, 3.05) is 18.0 Å². The van der Waals surface area contributed by atoms with Gasteiger partial charge in [-0.25, -0.2) is 4.98 Å². The van der Waals surface area contributed by atoms with Crippen molar-refractivity contribution < 1.29 is 0 Å². The first kappa shape index (κ1) is 11.4. The van der Waals surface area contributed by atoms with Crippen LogP contribution in [-0.2, 0) is 0 Å². The van der Waals surface area contributed by atoms with Crippen LogP contribution in [0, 0.1) is 5.92 Å². The second kappa shape index (κ2) is 4.53. The molecule has 1 aromatic carbocycles. The van der Waals surface area contributed by atoms with Crippen LogP contribution in [-0.4, -0.2) is 29.1 Å². The van der Waals surface area contributed by atoms with E-state index >= 15 is 0 Å². The van der Waals surface area contributed by atoms with Crippen LogP contribution < -0.4 is 10.6 Å². The number of anilines is 1. The molecule has 2 aromatic rings. The first-order chi connectivity index (χ1) is 8.72. The van der Waals surface area contributed by atoms with Crippen molar-refractivity contribution in [2.24, 2.45) is 11.7 Å². The molecule has 1 aliphatic rings. The smallest absolute Gasteiger partial charge is 0.147 e. The number of benzene rings is 1. The second-order valence-corrected chi connectivity index (χ2v) is 5.22. The number of nitrogens with two attached hydrogens (primary N) is 1. The van der Waals surface area contributed by atoms with E-state index in [4.69, 9.17) is 5.73 Å². The van der Waals surface area contributed by atoms with Crippen LogP contribution in [0.1, 0.15) is 13.3 Å². The van der Waals surface area contributed by atoms with Gasteiger partial charge in [-0.2, -0.15) is 0 Å². The highest BCUT2D eigenvalue weighted by Gasteiger charge is 2.23. The molecular weight excluding hydrogens is 224 g/mol. The molecule has 4 heteroatoms. The lowest BCUT2D eigenvalue weighted by molar-refractivity contribution is 0.400. The van der Waals surface area contributed by atoms with Gasteiger partial charge in [-0.05, 0) is 24.5 Å². The molecule has 1 saturated heterocycles. The Labute approximate surface area is 107 Å². The molecule has 2 N–H and O–H groups in total. The lowest BCUT2D eigenvalue weighted by Crippen LogP contribution is -2.46. The lowest BCUT2D eigenvalue weighted by Gasteiger charge is -2.35. The Kier molecular flexibility index (Phi) is 2.88. The fourth-order valence-corrected chi connectivity index (χ4v) is 2.69. The van der Waals surface area contributed by atoms with Crippen molar-refractivity contribution in [2.45, 2.75) is 19.4 Å². The molecule has 0 saturated carbocycles. The molecule has 2 unspecified atom stereocenters. The van der Waals surface area contributed by atoms with Crippen LogP contribution in [0.3, 0.4) is 0 Å². The average molecular weight is 242 g/mol. The molecule has 2 atom stereocenters. The minimum absolute atomic E-state index is 0.238. The molecule has 0 radical (unpaired) electrons. The van der Waals surface area contributed by atoms with Crippen molar-refractivity contribution in [3.63, 3.8) is 0 Å². The van der Waals surface area contributed by atoms with E-state index in [0.29, 0.717) is 5.92 Å². The Morgan fingerprint density at radius 1 is 1.22 bits per heavy atom. The zero-order valence-corrected chi connectivity index (χ0v) is 10.6. The molecule has 2 heterocycles. The van der Waals surface area contributed by atoms with Crippen LogP contribution in [0.2, 0.25) is 0 Å². The Morgan fingerprint density at radius 3 is 2.78 bits per heavy atom. The molecule has 3 rings (SSSR count). The van der Waals surface area contributed by atoms with Gasteiger partial charge in [0, 0.05) is 19.1 Å². The molecule has 0 aliphatic carbocycles. The summed E-state index contributed by atoms with van der Waals surface area (Å²) in [5.74, 6) is 1.55. The highest BCUT2D eigenvalue weighted by atomic mass is 15.2. The third-order valence-corrected chi connectivity index (χ3v) is 3.45. The van der Waals surface area contributed by atoms with E-state index in [1.54, 1.807) is 0 Å². The predicted octanol–water partition coefficient (Wildman–Crippen LogP) is 1.80. The topological polar surface area (TPSA) is 55.0 Å². The number of para-hydroxylation sites is 2. The van der Waals surface area contributed by atoms with Crippen molar-refractivity contribution >= 4 is 16.9 Å². The van der Waals surface area contributed by atoms with Gasteiger partial charge < -0.3 is 10.6 Å². The quantitative estimate of drug-likeness (QED) is 0.828. The van der Waals surface area contributed by atoms with E-state index in [1.165, 1.54) is 0 Å². The Bertz CT molecular complexity index is 544. The molecule has 1 aromatic heterocycles. The number of nitrogens with zero attached hydrogens (tertiary/aromatic N) is 3. The van der Waals surface area contributed by atoms with E-state index in [9.17, 15) is 0 Å². The molecule has 0 amide bonds. The Hall–Kier alpha value is -1.68. The minimum atomic E-state index is 0.238. The molecule has 1 aliphatic heterocycles. The van der Waals surface area contributed by atoms with Gasteiger partial charge in [0.15, 0.2) is 0 Å². The molecule has 94 valence electrons. The number of aromatic nitrogens is 2. The van der Waals surface area contributed by atoms with Crippen molar-refractivity contribution in [3.8, 4) is 0 Å². The standard InChI is InChI=1S/C14H18N4/c1-10-6-11(15)9-18(8-10)14-7-16-12-4-2-3-5-13(12)17-14/h2-5,7,10-11H,6,8-9,15H2,1H3. The second-order valence-electron chi connectivity index (χ2n) is 5.22. The van der Waals surface area contributed by atoms with Gasteiger partial charge in [-0.3, -0.25) is 4.98 Å². The van der Waals surface area contributed by atoms with E-state index in [1.807, 2.05) is 30.5 Å². The SMILES string of the molecule is CC1CC(N)CN(c2cnc3ccccc3n2)C1. The zero-order chi connectivity index (χ0) is 12.5. The number of fused-ring (bicyclic) bond motifs is 1. The molecule has 1 fully saturated rings. The number of rotatable bonds is 1. The average Bonchev–Trinajstić information content (AvgIpc) is 2.37. The molecule has 0 bridgehead atoms. The van der Waals surface area contributed by atoms with E-state index < -0.39 is 0 Å². The van der Waals surface area contributed by atoms with E-state index in [2.05, 4.69) is 21.8 Å². The monoisotopic (exact) mass is 242 g/mol. The van der Waals surface area contributed by atoms with Gasteiger partial charge in [0.05, 0.1) is 17.2 Å². The van der Waals surface area contributed by atoms with Gasteiger partial charge >= 0.3 is 0 Å². The molecule has 0 spiro atoms. The summed E-state index contributed by atoms with van der Waals surface area (Å²) < 4.78 is 0. The van der Waals surface area contributed by atoms with Gasteiger partial charge in [0.25, 0.3) is 0 Å². The summed E-state index contributed by atoms with van der Waals surface area (Å²) in [4.78, 5) is 11.4. The predicted molar refractivity (Wildman–Crippen MR) is 73.5 cm³/mol. The largest absolute Gasteiger partial charge is 0.354 e. The fraction of sp³-hybridized carbons (Fsp3) is 0.429. The highest BCUT2D eigenvalue weighted by molar-refractivity contribution is 5.75. The number of hydrogen-bond donors (Lipinski definition) is 1. The van der Waals surface area contributed by atoms with Crippen molar-refractivity contribution in [1.29, 1.82) is 0 Å². The summed E-state index contributed by atoms with van der Waals surface area (Å²) >= 11 is 0. The van der Waals surface area contributed by atoms with Crippen molar-refractivity contribution in [3.05, 3.63) is 30.5 Å². The van der Waals surface area contributed by atoms with Crippen molar-refractivity contribution in [1.82, 2.24) is 9.97 Å². The molecular formula is C14H18N4. The first-order valence-electron chi connectivity index (χ1n) is 6.44.